The van der Waals surface area contributed by atoms with E-state index in [0.717, 1.165) is 56.7 Å². The van der Waals surface area contributed by atoms with Crippen molar-refractivity contribution in [2.24, 2.45) is 0 Å². The summed E-state index contributed by atoms with van der Waals surface area (Å²) < 4.78 is 2.45. The van der Waals surface area contributed by atoms with Crippen molar-refractivity contribution in [2.75, 3.05) is 19.6 Å². The average Bonchev–Trinajstić information content (AvgIpc) is 3.91. The molecule has 12 rings (SSSR count). The number of anilines is 8. The summed E-state index contributed by atoms with van der Waals surface area (Å²) in [5.41, 5.74) is 14.5. The highest BCUT2D eigenvalue weighted by Gasteiger charge is 2.64. The van der Waals surface area contributed by atoms with Crippen molar-refractivity contribution in [3.05, 3.63) is 237 Å². The molecule has 2 aliphatic heterocycles. The van der Waals surface area contributed by atoms with Gasteiger partial charge in [-0.05, 0) is 102 Å². The van der Waals surface area contributed by atoms with Crippen LogP contribution in [0.3, 0.4) is 0 Å². The molecule has 0 unspecified atom stereocenters. The van der Waals surface area contributed by atoms with Gasteiger partial charge in [0.15, 0.2) is 0 Å². The van der Waals surface area contributed by atoms with Crippen LogP contribution in [-0.2, 0) is 0 Å². The zero-order chi connectivity index (χ0) is 39.6. The first-order chi connectivity index (χ1) is 29.8. The quantitative estimate of drug-likeness (QED) is 0.168. The molecule has 0 aliphatic carbocycles. The lowest BCUT2D eigenvalue weighted by atomic mass is 10.1. The topological polar surface area (TPSA) is 17.9 Å². The Labute approximate surface area is 349 Å². The van der Waals surface area contributed by atoms with Crippen LogP contribution in [0, 0.1) is 0 Å². The van der Waals surface area contributed by atoms with E-state index in [1.165, 1.54) is 27.4 Å². The summed E-state index contributed by atoms with van der Waals surface area (Å²) in [5.74, 6) is -1.02. The summed E-state index contributed by atoms with van der Waals surface area (Å²) in [6.07, 6.45) is 0. The Morgan fingerprint density at radius 1 is 0.250 bits per heavy atom. The highest BCUT2D eigenvalue weighted by atomic mass is 15.8. The van der Waals surface area contributed by atoms with E-state index in [0.29, 0.717) is 0 Å². The second-order valence-electron chi connectivity index (χ2n) is 15.4. The molecule has 0 atom stereocenters. The van der Waals surface area contributed by atoms with Gasteiger partial charge < -0.3 is 4.57 Å². The summed E-state index contributed by atoms with van der Waals surface area (Å²) in [4.78, 5) is 10.2. The van der Waals surface area contributed by atoms with Gasteiger partial charge in [-0.15, -0.1) is 0 Å². The molecule has 5 heteroatoms. The molecular formula is C55H39N5. The summed E-state index contributed by atoms with van der Waals surface area (Å²) in [7, 11) is 0. The minimum absolute atomic E-state index is 1.02. The van der Waals surface area contributed by atoms with Crippen LogP contribution in [0.1, 0.15) is 0 Å². The van der Waals surface area contributed by atoms with Crippen LogP contribution in [0.4, 0.5) is 45.5 Å². The molecule has 1 spiro atoms. The van der Waals surface area contributed by atoms with Crippen LogP contribution < -0.4 is 19.6 Å². The van der Waals surface area contributed by atoms with Crippen LogP contribution in [0.15, 0.2) is 237 Å². The summed E-state index contributed by atoms with van der Waals surface area (Å²) in [6.45, 7) is 0. The van der Waals surface area contributed by atoms with E-state index in [4.69, 9.17) is 0 Å². The summed E-state index contributed by atoms with van der Waals surface area (Å²) in [5, 5.41) is 2.39. The molecule has 0 N–H and O–H groups in total. The van der Waals surface area contributed by atoms with Gasteiger partial charge in [0.25, 0.3) is 5.91 Å². The third kappa shape index (κ3) is 4.93. The van der Waals surface area contributed by atoms with Gasteiger partial charge in [-0.2, -0.15) is 0 Å². The molecule has 1 aromatic heterocycles. The molecule has 9 aromatic carbocycles. The Balaban J connectivity index is 1.23. The Hall–Kier alpha value is -8.02. The number of nitrogens with zero attached hydrogens (tertiary/aromatic N) is 5. The minimum Gasteiger partial charge on any atom is -0.309 e. The Kier molecular flexibility index (Phi) is 7.69. The lowest BCUT2D eigenvalue weighted by molar-refractivity contribution is 0.479. The SMILES string of the molecule is c1ccc(-c2cccc(-n3c4ccccc4c4cc5c(cc43)N(c3ccccc3)C3(N(c4ccccc4)c4ccccc4N3c3ccccc3)N5c3ccccc3)c2)cc1. The molecule has 0 amide bonds. The fraction of sp³-hybridized carbons (Fsp3) is 0.0182. The van der Waals surface area contributed by atoms with Gasteiger partial charge in [-0.1, -0.05) is 146 Å². The first-order valence-electron chi connectivity index (χ1n) is 20.5. The Bertz CT molecular complexity index is 3100. The second-order valence-corrected chi connectivity index (χ2v) is 15.4. The van der Waals surface area contributed by atoms with Gasteiger partial charge >= 0.3 is 0 Å². The molecule has 3 heterocycles. The zero-order valence-corrected chi connectivity index (χ0v) is 32.8. The normalized spacial score (nSPS) is 14.0. The monoisotopic (exact) mass is 769 g/mol. The number of hydrogen-bond donors (Lipinski definition) is 0. The lowest BCUT2D eigenvalue weighted by Crippen LogP contribution is -2.70. The average molecular weight is 770 g/mol. The third-order valence-electron chi connectivity index (χ3n) is 12.1. The molecule has 0 saturated heterocycles. The van der Waals surface area contributed by atoms with Crippen molar-refractivity contribution in [2.45, 2.75) is 5.91 Å². The van der Waals surface area contributed by atoms with Crippen molar-refractivity contribution in [1.82, 2.24) is 4.57 Å². The molecule has 2 aliphatic rings. The van der Waals surface area contributed by atoms with Crippen molar-refractivity contribution in [3.63, 3.8) is 0 Å². The van der Waals surface area contributed by atoms with Gasteiger partial charge in [0, 0.05) is 39.2 Å². The number of benzene rings is 9. The lowest BCUT2D eigenvalue weighted by Gasteiger charge is -2.53. The maximum absolute atomic E-state index is 2.57. The van der Waals surface area contributed by atoms with E-state index in [1.807, 2.05) is 0 Å². The maximum Gasteiger partial charge on any atom is 0.295 e. The van der Waals surface area contributed by atoms with Crippen LogP contribution >= 0.6 is 0 Å². The second kappa shape index (κ2) is 13.5. The molecule has 5 nitrogen and oxygen atoms in total. The van der Waals surface area contributed by atoms with Gasteiger partial charge in [-0.3, -0.25) is 19.6 Å². The number of rotatable bonds is 6. The maximum atomic E-state index is 2.57. The number of aromatic nitrogens is 1. The molecular weight excluding hydrogens is 731 g/mol. The van der Waals surface area contributed by atoms with E-state index in [2.05, 4.69) is 261 Å². The number of hydrogen-bond acceptors (Lipinski definition) is 4. The van der Waals surface area contributed by atoms with E-state index < -0.39 is 5.91 Å². The first-order valence-corrected chi connectivity index (χ1v) is 20.5. The fourth-order valence-electron chi connectivity index (χ4n) is 9.73. The highest BCUT2D eigenvalue weighted by molar-refractivity contribution is 6.14. The standard InChI is InChI=1S/C55H39N5/c1-6-21-40(22-7-1)41-23-20-32-46(37-41)56-49-34-17-16-33-47(49)48-38-53-54(39-52(48)56)60(45-30-14-5-15-31-45)55(59(53)44-28-12-4-13-29-44)57(42-24-8-2-9-25-42)50-35-18-19-36-51(50)58(55)43-26-10-3-11-27-43/h1-39H. The molecule has 0 radical (unpaired) electrons. The van der Waals surface area contributed by atoms with Crippen molar-refractivity contribution >= 4 is 67.3 Å². The van der Waals surface area contributed by atoms with Crippen molar-refractivity contribution in [3.8, 4) is 16.8 Å². The molecule has 284 valence electrons. The number of para-hydroxylation sites is 7. The molecule has 0 fully saturated rings. The van der Waals surface area contributed by atoms with Gasteiger partial charge in [-0.25, -0.2) is 0 Å². The van der Waals surface area contributed by atoms with Gasteiger partial charge in [0.1, 0.15) is 0 Å². The van der Waals surface area contributed by atoms with Crippen molar-refractivity contribution < 1.29 is 0 Å². The molecule has 0 bridgehead atoms. The first kappa shape index (κ1) is 34.1. The highest BCUT2D eigenvalue weighted by Crippen LogP contribution is 2.65. The van der Waals surface area contributed by atoms with Crippen LogP contribution in [0.25, 0.3) is 38.6 Å². The van der Waals surface area contributed by atoms with E-state index in [-0.39, 0.29) is 0 Å². The van der Waals surface area contributed by atoms with Crippen molar-refractivity contribution in [1.29, 1.82) is 0 Å². The van der Waals surface area contributed by atoms with E-state index in [9.17, 15) is 0 Å². The van der Waals surface area contributed by atoms with Gasteiger partial charge in [0.05, 0.1) is 33.8 Å². The smallest absolute Gasteiger partial charge is 0.295 e. The van der Waals surface area contributed by atoms with E-state index in [1.54, 1.807) is 0 Å². The molecule has 60 heavy (non-hydrogen) atoms. The minimum atomic E-state index is -1.02. The molecule has 10 aromatic rings. The Morgan fingerprint density at radius 3 is 1.18 bits per heavy atom. The predicted molar refractivity (Wildman–Crippen MR) is 250 cm³/mol. The zero-order valence-electron chi connectivity index (χ0n) is 32.8. The molecule has 0 saturated carbocycles. The van der Waals surface area contributed by atoms with Crippen LogP contribution in [0.2, 0.25) is 0 Å². The summed E-state index contributed by atoms with van der Waals surface area (Å²) >= 11 is 0. The Morgan fingerprint density at radius 2 is 0.650 bits per heavy atom. The fourth-order valence-corrected chi connectivity index (χ4v) is 9.73. The van der Waals surface area contributed by atoms with E-state index >= 15 is 0 Å². The largest absolute Gasteiger partial charge is 0.309 e. The predicted octanol–water partition coefficient (Wildman–Crippen LogP) is 14.3. The van der Waals surface area contributed by atoms with Crippen LogP contribution in [-0.4, -0.2) is 10.5 Å². The van der Waals surface area contributed by atoms with Crippen LogP contribution in [0.5, 0.6) is 0 Å². The third-order valence-corrected chi connectivity index (χ3v) is 12.1. The summed E-state index contributed by atoms with van der Waals surface area (Å²) in [6, 6.07) is 85.7. The van der Waals surface area contributed by atoms with Gasteiger partial charge in [0.2, 0.25) is 0 Å². The number of fused-ring (bicyclic) bond motifs is 5.